The molecule has 0 bridgehead atoms. The normalized spacial score (nSPS) is 13.6. The summed E-state index contributed by atoms with van der Waals surface area (Å²) >= 11 is 0. The second-order valence-corrected chi connectivity index (χ2v) is 35.5. The van der Waals surface area contributed by atoms with E-state index < -0.39 is 21.7 Å². The molecule has 4 aliphatic carbocycles. The fourth-order valence-corrected chi connectivity index (χ4v) is 21.8. The minimum atomic E-state index is -0.740. The third-order valence-corrected chi connectivity index (χ3v) is 27.9. The van der Waals surface area contributed by atoms with E-state index in [4.69, 9.17) is 28.4 Å². The third-order valence-electron chi connectivity index (χ3n) is 27.9. The molecule has 18 aromatic rings. The summed E-state index contributed by atoms with van der Waals surface area (Å²) in [4.78, 5) is 0. The maximum absolute atomic E-state index is 11.8. The second-order valence-electron chi connectivity index (χ2n) is 35.5. The van der Waals surface area contributed by atoms with Crippen molar-refractivity contribution in [2.75, 3.05) is 39.6 Å². The highest BCUT2D eigenvalue weighted by molar-refractivity contribution is 5.94. The number of rotatable bonds is 30. The van der Waals surface area contributed by atoms with Crippen molar-refractivity contribution in [1.29, 1.82) is 0 Å². The molecule has 0 fully saturated rings. The van der Waals surface area contributed by atoms with Crippen LogP contribution in [0.5, 0.6) is 57.5 Å². The molecular weight excluding hydrogens is 1650 g/mol. The van der Waals surface area contributed by atoms with E-state index in [1.165, 1.54) is 66.8 Å². The highest BCUT2D eigenvalue weighted by atomic mass is 16.5. The molecule has 0 aromatic heterocycles. The Bertz CT molecular complexity index is 6740. The van der Waals surface area contributed by atoms with Gasteiger partial charge in [-0.05, 0) is 280 Å². The van der Waals surface area contributed by atoms with Crippen LogP contribution in [-0.4, -0.2) is 60.1 Å². The number of fused-ring (bicyclic) bond motifs is 14. The maximum Gasteiger partial charge on any atom is 0.124 e. The largest absolute Gasteiger partial charge is 0.508 e. The number of hydrogen-bond acceptors (Lipinski definition) is 10. The first-order valence-electron chi connectivity index (χ1n) is 47.1. The van der Waals surface area contributed by atoms with E-state index in [9.17, 15) is 20.4 Å². The summed E-state index contributed by atoms with van der Waals surface area (Å²) in [6, 6.07) is 139. The summed E-state index contributed by atoms with van der Waals surface area (Å²) in [5.74, 6) is 5.53. The molecule has 10 nitrogen and oxygen atoms in total. The number of hydrogen-bond donors (Lipinski definition) is 4. The van der Waals surface area contributed by atoms with Gasteiger partial charge in [0.2, 0.25) is 0 Å². The van der Waals surface area contributed by atoms with Crippen molar-refractivity contribution < 1.29 is 48.8 Å². The van der Waals surface area contributed by atoms with Crippen molar-refractivity contribution in [2.45, 2.75) is 86.9 Å². The van der Waals surface area contributed by atoms with Crippen molar-refractivity contribution in [2.24, 2.45) is 0 Å². The fraction of sp³-hybridized carbons (Fsp3) is 0.161. The van der Waals surface area contributed by atoms with E-state index in [0.717, 1.165) is 163 Å². The van der Waals surface area contributed by atoms with Crippen molar-refractivity contribution in [3.8, 4) is 102 Å². The highest BCUT2D eigenvalue weighted by Crippen LogP contribution is 2.63. The lowest BCUT2D eigenvalue weighted by atomic mass is 9.67. The Morgan fingerprint density at radius 2 is 0.388 bits per heavy atom. The average Bonchev–Trinajstić information content (AvgIpc) is 1.56. The monoisotopic (exact) mass is 1750 g/mol. The highest BCUT2D eigenvalue weighted by Gasteiger charge is 2.52. The van der Waals surface area contributed by atoms with Gasteiger partial charge in [-0.25, -0.2) is 0 Å². The maximum atomic E-state index is 11.8. The first-order valence-corrected chi connectivity index (χ1v) is 47.1. The van der Waals surface area contributed by atoms with Crippen LogP contribution in [-0.2, 0) is 21.7 Å². The van der Waals surface area contributed by atoms with Crippen LogP contribution in [0.15, 0.2) is 400 Å². The molecule has 0 saturated carbocycles. The van der Waals surface area contributed by atoms with Gasteiger partial charge in [0.25, 0.3) is 0 Å². The molecule has 0 saturated heterocycles. The number of unbranched alkanes of at least 4 members (excludes halogenated alkanes) is 4. The van der Waals surface area contributed by atoms with Gasteiger partial charge in [0.1, 0.15) is 57.5 Å². The number of phenols is 4. The number of benzene rings is 18. The molecule has 134 heavy (non-hydrogen) atoms. The van der Waals surface area contributed by atoms with E-state index >= 15 is 0 Å². The summed E-state index contributed by atoms with van der Waals surface area (Å²) in [5, 5.41) is 48.2. The quantitative estimate of drug-likeness (QED) is 0.0322. The van der Waals surface area contributed by atoms with Gasteiger partial charge < -0.3 is 48.8 Å². The van der Waals surface area contributed by atoms with E-state index in [2.05, 4.69) is 317 Å². The Morgan fingerprint density at radius 1 is 0.179 bits per heavy atom. The molecule has 0 amide bonds. The molecule has 0 radical (unpaired) electrons. The first kappa shape index (κ1) is 85.3. The van der Waals surface area contributed by atoms with Crippen LogP contribution >= 0.6 is 0 Å². The van der Waals surface area contributed by atoms with Gasteiger partial charge in [0.05, 0.1) is 61.3 Å². The Hall–Kier alpha value is -15.5. The van der Waals surface area contributed by atoms with Gasteiger partial charge in [-0.2, -0.15) is 0 Å². The van der Waals surface area contributed by atoms with Gasteiger partial charge in [-0.1, -0.05) is 318 Å². The van der Waals surface area contributed by atoms with Gasteiger partial charge in [-0.15, -0.1) is 0 Å². The van der Waals surface area contributed by atoms with E-state index in [0.29, 0.717) is 51.1 Å². The topological polar surface area (TPSA) is 136 Å². The summed E-state index contributed by atoms with van der Waals surface area (Å²) in [6.45, 7) is 7.77. The van der Waals surface area contributed by atoms with Crippen LogP contribution in [0.1, 0.15) is 154 Å². The van der Waals surface area contributed by atoms with Gasteiger partial charge in [-0.3, -0.25) is 0 Å². The molecular formula is C124H104O10. The second kappa shape index (κ2) is 36.7. The molecule has 22 rings (SSSR count). The van der Waals surface area contributed by atoms with Crippen molar-refractivity contribution >= 4 is 21.5 Å². The van der Waals surface area contributed by atoms with E-state index in [-0.39, 0.29) is 23.0 Å². The first-order chi connectivity index (χ1) is 66.0. The molecule has 0 aliphatic heterocycles. The zero-order valence-electron chi connectivity index (χ0n) is 75.2. The molecule has 0 heterocycles. The van der Waals surface area contributed by atoms with E-state index in [1.54, 1.807) is 24.3 Å². The fourth-order valence-electron chi connectivity index (χ4n) is 21.8. The van der Waals surface area contributed by atoms with Gasteiger partial charge >= 0.3 is 0 Å². The minimum Gasteiger partial charge on any atom is -0.508 e. The van der Waals surface area contributed by atoms with Crippen LogP contribution < -0.4 is 28.4 Å². The van der Waals surface area contributed by atoms with Crippen LogP contribution in [0.2, 0.25) is 0 Å². The van der Waals surface area contributed by atoms with E-state index in [1.807, 2.05) is 72.8 Å². The molecule has 4 N–H and O–H groups in total. The molecule has 10 heteroatoms. The predicted octanol–water partition coefficient (Wildman–Crippen LogP) is 28.8. The van der Waals surface area contributed by atoms with Crippen LogP contribution in [0.25, 0.3) is 66.1 Å². The van der Waals surface area contributed by atoms with Gasteiger partial charge in [0, 0.05) is 23.3 Å². The standard InChI is InChI=1S/C62H58O6.C62H46O4/c1-3-5-37-67-47-33-35-57(59(63)41-47)61(53-21-11-7-17-49(53)50-18-8-12-22-54(50)61)43-25-29-45(30-26-43)65-39-15-16-40-66-46-31-27-44(28-32-46)62(58-36-34-48(42-60(58)64)68-38-6-4-2)55-23-13-9-19-51(55)52-20-10-14-24-56(52)62;63-49-29-21-41-37-47(23-19-43(41)39-49)61(57-15-5-1-11-53(57)54-12-2-6-16-58(54)61)45-25-31-51(32-26-45)65-35-9-10-36-66-52-33-27-46(28-34-52)62(48-24-20-44-40-50(64)30-22-42(44)38-48)59-17-7-3-13-55(59)56-14-4-8-18-60(56)62/h7-14,17-36,41-42,63-64H,3-6,15-16,37-40H2,1-2H3;1-8,11-34,37-40,63-64H,9-10,35-36H2. The van der Waals surface area contributed by atoms with Crippen molar-refractivity contribution in [3.63, 3.8) is 0 Å². The molecule has 660 valence electrons. The lowest BCUT2D eigenvalue weighted by Gasteiger charge is -2.34. The Labute approximate surface area is 783 Å². The molecule has 18 aromatic carbocycles. The smallest absolute Gasteiger partial charge is 0.124 e. The molecule has 0 spiro atoms. The van der Waals surface area contributed by atoms with Crippen LogP contribution in [0.4, 0.5) is 0 Å². The zero-order valence-corrected chi connectivity index (χ0v) is 75.2. The summed E-state index contributed by atoms with van der Waals surface area (Å²) in [7, 11) is 0. The number of phenolic OH excluding ortho intramolecular Hbond substituents is 4. The summed E-state index contributed by atoms with van der Waals surface area (Å²) < 4.78 is 37.3. The SMILES string of the molecule is CCCCOc1ccc(C2(c3ccc(OCCCCOc4ccc(C5(c6ccc(OCCCC)cc6O)c6ccccc6-c6ccccc65)cc4)cc3)c3ccccc3-c3ccccc32)c(O)c1.Oc1ccc2cc(C3(c4ccc(OCCCCOc5ccc(C6(c7ccc8cc(O)ccc8c7)c7ccccc7-c7ccccc76)cc5)cc4)c4ccccc4-c4ccccc43)ccc2c1. The molecule has 0 unspecified atom stereocenters. The Balaban J connectivity index is 0.000000161. The lowest BCUT2D eigenvalue weighted by Crippen LogP contribution is -2.28. The molecule has 0 atom stereocenters. The lowest BCUT2D eigenvalue weighted by molar-refractivity contribution is 0.266. The number of aromatic hydroxyl groups is 4. The average molecular weight is 1750 g/mol. The Kier molecular flexibility index (Phi) is 23.3. The third kappa shape index (κ3) is 14.9. The summed E-state index contributed by atoms with van der Waals surface area (Å²) in [5.41, 5.74) is 25.1. The van der Waals surface area contributed by atoms with Crippen molar-refractivity contribution in [1.82, 2.24) is 0 Å². The minimum absolute atomic E-state index is 0.202. The summed E-state index contributed by atoms with van der Waals surface area (Å²) in [6.07, 6.45) is 7.34. The predicted molar refractivity (Wildman–Crippen MR) is 538 cm³/mol. The molecule has 4 aliphatic rings. The Morgan fingerprint density at radius 3 is 0.649 bits per heavy atom. The van der Waals surface area contributed by atoms with Crippen LogP contribution in [0, 0.1) is 0 Å². The van der Waals surface area contributed by atoms with Gasteiger partial charge in [0.15, 0.2) is 0 Å². The van der Waals surface area contributed by atoms with Crippen molar-refractivity contribution in [3.05, 3.63) is 489 Å². The van der Waals surface area contributed by atoms with Crippen LogP contribution in [0.3, 0.4) is 0 Å². The zero-order chi connectivity index (χ0) is 90.8. The number of ether oxygens (including phenoxy) is 6.